The first-order chi connectivity index (χ1) is 10.0. The maximum absolute atomic E-state index is 11.7. The molecule has 2 heterocycles. The average molecular weight is 284 g/mol. The van der Waals surface area contributed by atoms with E-state index in [0.717, 1.165) is 24.2 Å². The van der Waals surface area contributed by atoms with E-state index in [2.05, 4.69) is 30.1 Å². The summed E-state index contributed by atoms with van der Waals surface area (Å²) < 4.78 is 1.66. The van der Waals surface area contributed by atoms with Crippen molar-refractivity contribution in [2.75, 3.05) is 7.05 Å². The van der Waals surface area contributed by atoms with E-state index in [1.165, 1.54) is 16.7 Å². The molecule has 0 aliphatic carbocycles. The van der Waals surface area contributed by atoms with E-state index in [-0.39, 0.29) is 5.56 Å². The number of rotatable bonds is 1. The zero-order chi connectivity index (χ0) is 15.6. The van der Waals surface area contributed by atoms with Gasteiger partial charge in [0.15, 0.2) is 0 Å². The van der Waals surface area contributed by atoms with E-state index in [4.69, 9.17) is 0 Å². The van der Waals surface area contributed by atoms with Crippen LogP contribution in [0.2, 0.25) is 0 Å². The van der Waals surface area contributed by atoms with Gasteiger partial charge in [-0.15, -0.1) is 0 Å². The summed E-state index contributed by atoms with van der Waals surface area (Å²) in [5, 5.41) is 0. The number of hydrogen-bond donors (Lipinski definition) is 0. The highest BCUT2D eigenvalue weighted by atomic mass is 16.1. The molecule has 1 aliphatic heterocycles. The van der Waals surface area contributed by atoms with E-state index >= 15 is 0 Å². The van der Waals surface area contributed by atoms with Gasteiger partial charge in [0.2, 0.25) is 0 Å². The van der Waals surface area contributed by atoms with Crippen molar-refractivity contribution in [3.63, 3.8) is 0 Å². The molecule has 3 heteroatoms. The van der Waals surface area contributed by atoms with Crippen LogP contribution in [0.4, 0.5) is 0 Å². The van der Waals surface area contributed by atoms with Gasteiger partial charge in [0.05, 0.1) is 0 Å². The third-order valence-electron chi connectivity index (χ3n) is 3.78. The van der Waals surface area contributed by atoms with Crippen LogP contribution in [0.25, 0.3) is 11.1 Å². The lowest BCUT2D eigenvalue weighted by Crippen LogP contribution is -2.18. The van der Waals surface area contributed by atoms with Crippen LogP contribution < -0.4 is 5.56 Å². The molecular formula is C18H24N2O. The third-order valence-corrected chi connectivity index (χ3v) is 3.78. The molecule has 1 aromatic carbocycles. The van der Waals surface area contributed by atoms with E-state index in [0.29, 0.717) is 0 Å². The quantitative estimate of drug-likeness (QED) is 0.802. The Balaban J connectivity index is 0.000000774. The van der Waals surface area contributed by atoms with Crippen LogP contribution in [-0.4, -0.2) is 16.5 Å². The van der Waals surface area contributed by atoms with Gasteiger partial charge in [-0.3, -0.25) is 9.69 Å². The number of nitrogens with zero attached hydrogens (tertiary/aromatic N) is 2. The van der Waals surface area contributed by atoms with Gasteiger partial charge in [-0.05, 0) is 48.4 Å². The number of benzene rings is 1. The van der Waals surface area contributed by atoms with Crippen LogP contribution >= 0.6 is 0 Å². The Morgan fingerprint density at radius 1 is 0.952 bits per heavy atom. The maximum Gasteiger partial charge on any atom is 0.253 e. The van der Waals surface area contributed by atoms with Crippen LogP contribution in [0.5, 0.6) is 0 Å². The highest BCUT2D eigenvalue weighted by molar-refractivity contribution is 5.65. The van der Waals surface area contributed by atoms with Gasteiger partial charge >= 0.3 is 0 Å². The lowest BCUT2D eigenvalue weighted by atomic mass is 10.0. The van der Waals surface area contributed by atoms with Crippen LogP contribution in [0.15, 0.2) is 35.3 Å². The molecule has 112 valence electrons. The molecule has 21 heavy (non-hydrogen) atoms. The maximum atomic E-state index is 11.7. The van der Waals surface area contributed by atoms with Gasteiger partial charge < -0.3 is 4.57 Å². The number of fused-ring (bicyclic) bond motifs is 1. The molecule has 1 aromatic heterocycles. The second-order valence-electron chi connectivity index (χ2n) is 5.48. The fourth-order valence-corrected chi connectivity index (χ4v) is 2.78. The summed E-state index contributed by atoms with van der Waals surface area (Å²) in [7, 11) is 3.94. The van der Waals surface area contributed by atoms with Crippen molar-refractivity contribution in [1.29, 1.82) is 0 Å². The Labute approximate surface area is 126 Å². The molecule has 0 N–H and O–H groups in total. The molecule has 3 nitrogen and oxygen atoms in total. The van der Waals surface area contributed by atoms with Crippen molar-refractivity contribution < 1.29 is 0 Å². The van der Waals surface area contributed by atoms with Crippen molar-refractivity contribution >= 4 is 0 Å². The normalized spacial score (nSPS) is 13.6. The van der Waals surface area contributed by atoms with Crippen molar-refractivity contribution in [1.82, 2.24) is 9.47 Å². The molecular weight excluding hydrogens is 260 g/mol. The van der Waals surface area contributed by atoms with Gasteiger partial charge in [-0.25, -0.2) is 0 Å². The Morgan fingerprint density at radius 3 is 2.29 bits per heavy atom. The molecule has 0 amide bonds. The fourth-order valence-electron chi connectivity index (χ4n) is 2.78. The van der Waals surface area contributed by atoms with Crippen LogP contribution in [-0.2, 0) is 20.1 Å². The molecule has 0 atom stereocenters. The van der Waals surface area contributed by atoms with Gasteiger partial charge in [0, 0.05) is 31.9 Å². The Kier molecular flexibility index (Phi) is 4.63. The van der Waals surface area contributed by atoms with Crippen molar-refractivity contribution in [3.05, 3.63) is 57.5 Å². The fraction of sp³-hybridized carbons (Fsp3) is 0.389. The Bertz CT molecular complexity index is 675. The number of hydrogen-bond acceptors (Lipinski definition) is 2. The Morgan fingerprint density at radius 2 is 1.62 bits per heavy atom. The van der Waals surface area contributed by atoms with E-state index in [9.17, 15) is 4.79 Å². The zero-order valence-electron chi connectivity index (χ0n) is 13.6. The smallest absolute Gasteiger partial charge is 0.253 e. The first kappa shape index (κ1) is 15.5. The van der Waals surface area contributed by atoms with Crippen molar-refractivity contribution in [2.24, 2.45) is 7.05 Å². The summed E-state index contributed by atoms with van der Waals surface area (Å²) in [6.45, 7) is 7.91. The second-order valence-corrected chi connectivity index (χ2v) is 5.48. The lowest BCUT2D eigenvalue weighted by molar-refractivity contribution is 0.353. The minimum Gasteiger partial charge on any atom is -0.318 e. The number of aryl methyl sites for hydroxylation is 2. The highest BCUT2D eigenvalue weighted by Crippen LogP contribution is 2.27. The molecule has 0 radical (unpaired) electrons. The number of pyridine rings is 1. The second kappa shape index (κ2) is 6.27. The summed E-state index contributed by atoms with van der Waals surface area (Å²) in [5.74, 6) is 0. The van der Waals surface area contributed by atoms with E-state index in [1.54, 1.807) is 11.6 Å². The minimum atomic E-state index is 0.0737. The predicted molar refractivity (Wildman–Crippen MR) is 88.4 cm³/mol. The molecule has 0 saturated heterocycles. The van der Waals surface area contributed by atoms with E-state index < -0.39 is 0 Å². The van der Waals surface area contributed by atoms with Crippen LogP contribution in [0, 0.1) is 6.92 Å². The molecule has 2 aromatic rings. The topological polar surface area (TPSA) is 25.2 Å². The van der Waals surface area contributed by atoms with Crippen LogP contribution in [0.3, 0.4) is 0 Å². The number of aromatic nitrogens is 1. The standard InChI is InChI=1S/C16H18N2O.C2H6/c1-11-6-14(10-18(3)16(11)19)12-4-5-13-8-17(2)9-15(13)7-12;1-2/h4-7,10H,8-9H2,1-3H3;1-2H3. The largest absolute Gasteiger partial charge is 0.318 e. The SMILES string of the molecule is CC.Cc1cc(-c2ccc3c(c2)CN(C)C3)cn(C)c1=O. The molecule has 0 spiro atoms. The summed E-state index contributed by atoms with van der Waals surface area (Å²) in [5.41, 5.74) is 5.96. The van der Waals surface area contributed by atoms with Crippen LogP contribution in [0.1, 0.15) is 30.5 Å². The molecule has 0 unspecified atom stereocenters. The molecule has 0 fully saturated rings. The average Bonchev–Trinajstić information content (AvgIpc) is 2.85. The van der Waals surface area contributed by atoms with Crippen molar-refractivity contribution in [2.45, 2.75) is 33.9 Å². The summed E-state index contributed by atoms with van der Waals surface area (Å²) in [6, 6.07) is 8.58. The van der Waals surface area contributed by atoms with E-state index in [1.807, 2.05) is 33.0 Å². The molecule has 1 aliphatic rings. The van der Waals surface area contributed by atoms with Gasteiger partial charge in [-0.2, -0.15) is 0 Å². The third kappa shape index (κ3) is 3.08. The van der Waals surface area contributed by atoms with Gasteiger partial charge in [0.25, 0.3) is 5.56 Å². The van der Waals surface area contributed by atoms with Gasteiger partial charge in [0.1, 0.15) is 0 Å². The van der Waals surface area contributed by atoms with Crippen molar-refractivity contribution in [3.8, 4) is 11.1 Å². The predicted octanol–water partition coefficient (Wildman–Crippen LogP) is 3.33. The molecule has 0 saturated carbocycles. The minimum absolute atomic E-state index is 0.0737. The zero-order valence-corrected chi connectivity index (χ0v) is 13.6. The summed E-state index contributed by atoms with van der Waals surface area (Å²) in [4.78, 5) is 14.0. The molecule has 0 bridgehead atoms. The molecule has 3 rings (SSSR count). The summed E-state index contributed by atoms with van der Waals surface area (Å²) in [6.07, 6.45) is 1.91. The summed E-state index contributed by atoms with van der Waals surface area (Å²) >= 11 is 0. The highest BCUT2D eigenvalue weighted by Gasteiger charge is 2.16. The Hall–Kier alpha value is -1.87. The first-order valence-electron chi connectivity index (χ1n) is 7.52. The first-order valence-corrected chi connectivity index (χ1v) is 7.52. The van der Waals surface area contributed by atoms with Gasteiger partial charge in [-0.1, -0.05) is 26.0 Å². The monoisotopic (exact) mass is 284 g/mol. The lowest BCUT2D eigenvalue weighted by Gasteiger charge is -2.08.